The van der Waals surface area contributed by atoms with Crippen LogP contribution in [-0.2, 0) is 38.7 Å². The molecule has 3 N–H and O–H groups in total. The molecule has 0 bridgehead atoms. The van der Waals surface area contributed by atoms with Crippen molar-refractivity contribution in [3.63, 3.8) is 0 Å². The van der Waals surface area contributed by atoms with Crippen molar-refractivity contribution in [2.24, 2.45) is 10.8 Å². The molecule has 0 aromatic heterocycles. The molecule has 3 heterocycles. The van der Waals surface area contributed by atoms with Gasteiger partial charge >= 0.3 is 17.8 Å². The molecular formula is C43H57N4O11+. The van der Waals surface area contributed by atoms with E-state index in [0.29, 0.717) is 74.2 Å². The Bertz CT molecular complexity index is 1990. The van der Waals surface area contributed by atoms with Gasteiger partial charge < -0.3 is 33.9 Å². The van der Waals surface area contributed by atoms with E-state index in [1.807, 2.05) is 60.7 Å². The number of hydroxylamine groups is 1. The second-order valence-electron chi connectivity index (χ2n) is 16.4. The summed E-state index contributed by atoms with van der Waals surface area (Å²) in [6, 6.07) is 15.5. The van der Waals surface area contributed by atoms with Gasteiger partial charge in [0.25, 0.3) is 5.91 Å². The minimum absolute atomic E-state index is 0.0935. The van der Waals surface area contributed by atoms with Crippen LogP contribution in [0, 0.1) is 10.8 Å². The fourth-order valence-electron chi connectivity index (χ4n) is 6.62. The molecule has 15 nitrogen and oxygen atoms in total. The number of fused-ring (bicyclic) bond motifs is 3. The van der Waals surface area contributed by atoms with Crippen LogP contribution >= 0.6 is 0 Å². The molecule has 0 fully saturated rings. The van der Waals surface area contributed by atoms with Gasteiger partial charge in [-0.3, -0.25) is 19.3 Å². The van der Waals surface area contributed by atoms with Crippen LogP contribution in [0.25, 0.3) is 0 Å². The summed E-state index contributed by atoms with van der Waals surface area (Å²) < 4.78 is 26.5. The Morgan fingerprint density at radius 3 is 1.83 bits per heavy atom. The first kappa shape index (κ1) is 45.2. The zero-order valence-corrected chi connectivity index (χ0v) is 35.0. The highest BCUT2D eigenvalue weighted by atomic mass is 16.5. The molecule has 15 heteroatoms. The van der Waals surface area contributed by atoms with Crippen LogP contribution in [0.1, 0.15) is 89.3 Å². The Labute approximate surface area is 340 Å². The number of quaternary nitrogens is 1. The lowest BCUT2D eigenvalue weighted by Crippen LogP contribution is -2.54. The summed E-state index contributed by atoms with van der Waals surface area (Å²) in [5.74, 6) is 0.928. The van der Waals surface area contributed by atoms with E-state index in [4.69, 9.17) is 24.2 Å². The van der Waals surface area contributed by atoms with E-state index in [0.717, 1.165) is 35.5 Å². The van der Waals surface area contributed by atoms with Crippen molar-refractivity contribution in [3.05, 3.63) is 88.0 Å². The lowest BCUT2D eigenvalue weighted by Gasteiger charge is -2.34. The Balaban J connectivity index is 0.000000196. The summed E-state index contributed by atoms with van der Waals surface area (Å²) in [5.41, 5.74) is 4.90. The van der Waals surface area contributed by atoms with Crippen molar-refractivity contribution in [1.29, 1.82) is 0 Å². The van der Waals surface area contributed by atoms with Gasteiger partial charge in [-0.25, -0.2) is 19.9 Å². The average molecular weight is 806 g/mol. The molecule has 3 aliphatic rings. The SMILES string of the molecule is CC(C)(C)C(=O)[N+]1(C)CCOc2cc(C(=O)NO)ccc2C1.COC(=O)c1ccc2c(c1)OCCN(C(=O)C(C)(C)C)C2.COC(=O)c1ccc2c(c1)OCCNC2. The molecule has 0 saturated heterocycles. The molecule has 6 rings (SSSR count). The van der Waals surface area contributed by atoms with Gasteiger partial charge in [0.1, 0.15) is 50.2 Å². The second kappa shape index (κ2) is 19.3. The highest BCUT2D eigenvalue weighted by Gasteiger charge is 2.42. The number of hydrogen-bond donors (Lipinski definition) is 3. The molecule has 0 aliphatic carbocycles. The van der Waals surface area contributed by atoms with Gasteiger partial charge in [-0.15, -0.1) is 0 Å². The minimum Gasteiger partial charge on any atom is -0.492 e. The molecule has 0 spiro atoms. The quantitative estimate of drug-likeness (QED) is 0.141. The van der Waals surface area contributed by atoms with Crippen molar-refractivity contribution < 1.29 is 57.3 Å². The van der Waals surface area contributed by atoms with Crippen molar-refractivity contribution in [1.82, 2.24) is 15.7 Å². The number of amides is 3. The van der Waals surface area contributed by atoms with Crippen LogP contribution in [0.3, 0.4) is 0 Å². The van der Waals surface area contributed by atoms with Gasteiger partial charge in [-0.05, 0) is 63.2 Å². The van der Waals surface area contributed by atoms with Gasteiger partial charge in [0.2, 0.25) is 5.91 Å². The summed E-state index contributed by atoms with van der Waals surface area (Å²) in [7, 11) is 4.63. The first-order chi connectivity index (χ1) is 27.3. The van der Waals surface area contributed by atoms with E-state index in [1.54, 1.807) is 52.8 Å². The standard InChI is InChI=1S/C16H22N2O4.C16H21NO4.C11H13NO3/c1-16(2,3)15(20)18(4)7-8-22-13-9-11(14(19)17-21)5-6-12(13)10-18;1-16(2,3)15(19)17-7-8-21-13-9-11(14(18)20-4)5-6-12(13)10-17;1-14-11(13)8-2-3-9-7-12-4-5-15-10(9)6-8/h5-6,9H,7-8,10H2,1-4H3,(H-,17,19,21);5-6,9H,7-8,10H2,1-4H3;2-3,6,12H,4-5,7H2,1H3/p+1. The number of ether oxygens (including phenoxy) is 5. The highest BCUT2D eigenvalue weighted by Crippen LogP contribution is 2.32. The zero-order valence-electron chi connectivity index (χ0n) is 35.0. The molecule has 0 saturated carbocycles. The molecule has 58 heavy (non-hydrogen) atoms. The van der Waals surface area contributed by atoms with Crippen molar-refractivity contribution in [2.45, 2.75) is 61.2 Å². The van der Waals surface area contributed by atoms with Gasteiger partial charge in [0.15, 0.2) is 0 Å². The third-order valence-electron chi connectivity index (χ3n) is 9.66. The first-order valence-electron chi connectivity index (χ1n) is 19.1. The number of rotatable bonds is 3. The second-order valence-corrected chi connectivity index (χ2v) is 16.4. The van der Waals surface area contributed by atoms with Crippen LogP contribution in [-0.4, -0.2) is 105 Å². The number of carbonyl (C=O) groups is 5. The zero-order chi connectivity index (χ0) is 42.8. The summed E-state index contributed by atoms with van der Waals surface area (Å²) in [6.45, 7) is 16.6. The Morgan fingerprint density at radius 1 is 0.724 bits per heavy atom. The Morgan fingerprint density at radius 2 is 1.24 bits per heavy atom. The molecule has 3 aromatic rings. The smallest absolute Gasteiger partial charge is 0.337 e. The third-order valence-corrected chi connectivity index (χ3v) is 9.66. The topological polar surface area (TPSA) is 179 Å². The fourth-order valence-corrected chi connectivity index (χ4v) is 6.62. The maximum atomic E-state index is 12.7. The summed E-state index contributed by atoms with van der Waals surface area (Å²) in [6.07, 6.45) is 0. The summed E-state index contributed by atoms with van der Waals surface area (Å²) in [4.78, 5) is 61.3. The largest absolute Gasteiger partial charge is 0.492 e. The van der Waals surface area contributed by atoms with Crippen LogP contribution in [0.15, 0.2) is 54.6 Å². The number of benzene rings is 3. The van der Waals surface area contributed by atoms with Gasteiger partial charge in [0.05, 0.1) is 44.4 Å². The number of carbonyl (C=O) groups excluding carboxylic acids is 5. The maximum Gasteiger partial charge on any atom is 0.337 e. The first-order valence-corrected chi connectivity index (χ1v) is 19.1. The normalized spacial score (nSPS) is 17.2. The third kappa shape index (κ3) is 11.5. The van der Waals surface area contributed by atoms with Crippen LogP contribution in [0.5, 0.6) is 17.2 Å². The van der Waals surface area contributed by atoms with Crippen molar-refractivity contribution >= 4 is 29.7 Å². The molecule has 1 unspecified atom stereocenters. The summed E-state index contributed by atoms with van der Waals surface area (Å²) in [5, 5.41) is 11.9. The predicted octanol–water partition coefficient (Wildman–Crippen LogP) is 4.91. The number of nitrogens with one attached hydrogen (secondary N) is 2. The van der Waals surface area contributed by atoms with Crippen LogP contribution in [0.4, 0.5) is 0 Å². The lowest BCUT2D eigenvalue weighted by molar-refractivity contribution is -0.850. The lowest BCUT2D eigenvalue weighted by atomic mass is 9.93. The number of likely N-dealkylation sites (N-methyl/N-ethyl adjacent to an activating group) is 1. The van der Waals surface area contributed by atoms with Crippen LogP contribution < -0.4 is 25.0 Å². The Hall–Kier alpha value is -5.51. The minimum atomic E-state index is -0.585. The number of esters is 2. The van der Waals surface area contributed by atoms with E-state index in [-0.39, 0.29) is 22.3 Å². The highest BCUT2D eigenvalue weighted by molar-refractivity contribution is 5.94. The van der Waals surface area contributed by atoms with E-state index in [2.05, 4.69) is 10.1 Å². The molecule has 0 radical (unpaired) electrons. The predicted molar refractivity (Wildman–Crippen MR) is 214 cm³/mol. The number of methoxy groups -OCH3 is 2. The van der Waals surface area contributed by atoms with Crippen LogP contribution in [0.2, 0.25) is 0 Å². The van der Waals surface area contributed by atoms with Gasteiger partial charge in [0, 0.05) is 47.3 Å². The molecule has 314 valence electrons. The van der Waals surface area contributed by atoms with Crippen molar-refractivity contribution in [3.8, 4) is 17.2 Å². The maximum absolute atomic E-state index is 12.7. The van der Waals surface area contributed by atoms with E-state index >= 15 is 0 Å². The van der Waals surface area contributed by atoms with Gasteiger partial charge in [-0.1, -0.05) is 32.9 Å². The molecule has 3 aliphatic heterocycles. The number of hydrogen-bond acceptors (Lipinski definition) is 12. The summed E-state index contributed by atoms with van der Waals surface area (Å²) >= 11 is 0. The van der Waals surface area contributed by atoms with E-state index in [9.17, 15) is 24.0 Å². The molecular weight excluding hydrogens is 748 g/mol. The molecule has 3 aromatic carbocycles. The van der Waals surface area contributed by atoms with Gasteiger partial charge in [-0.2, -0.15) is 0 Å². The van der Waals surface area contributed by atoms with Crippen molar-refractivity contribution in [2.75, 3.05) is 60.7 Å². The molecule has 1 atom stereocenters. The van der Waals surface area contributed by atoms with E-state index < -0.39 is 22.7 Å². The Kier molecular flexibility index (Phi) is 15.0. The fraction of sp³-hybridized carbons (Fsp3) is 0.465. The molecule has 3 amide bonds. The average Bonchev–Trinajstić information content (AvgIpc) is 3.64. The van der Waals surface area contributed by atoms with E-state index in [1.165, 1.54) is 14.2 Å². The number of nitrogens with zero attached hydrogens (tertiary/aromatic N) is 2. The monoisotopic (exact) mass is 805 g/mol.